The quantitative estimate of drug-likeness (QED) is 0.676. The molecule has 0 bridgehead atoms. The highest BCUT2D eigenvalue weighted by Gasteiger charge is 2.16. The highest BCUT2D eigenvalue weighted by atomic mass is 35.5. The molecule has 0 aliphatic carbocycles. The SMILES string of the molecule is CCC(CC)CNS(=O)(=O)CC(C)CCl. The van der Waals surface area contributed by atoms with Crippen LogP contribution >= 0.6 is 11.6 Å². The number of alkyl halides is 1. The van der Waals surface area contributed by atoms with Gasteiger partial charge in [0.2, 0.25) is 10.0 Å². The van der Waals surface area contributed by atoms with Gasteiger partial charge >= 0.3 is 0 Å². The van der Waals surface area contributed by atoms with Gasteiger partial charge in [-0.1, -0.05) is 33.6 Å². The molecule has 1 atom stereocenters. The lowest BCUT2D eigenvalue weighted by molar-refractivity contribution is 0.477. The molecule has 0 radical (unpaired) electrons. The van der Waals surface area contributed by atoms with Crippen molar-refractivity contribution in [1.82, 2.24) is 4.72 Å². The van der Waals surface area contributed by atoms with Gasteiger partial charge in [0.05, 0.1) is 5.75 Å². The standard InChI is InChI=1S/C10H22ClNO2S/c1-4-10(5-2)7-12-15(13,14)8-9(3)6-11/h9-10,12H,4-8H2,1-3H3. The van der Waals surface area contributed by atoms with Crippen LogP contribution in [-0.2, 0) is 10.0 Å². The first-order valence-corrected chi connectivity index (χ1v) is 7.67. The van der Waals surface area contributed by atoms with E-state index in [2.05, 4.69) is 18.6 Å². The van der Waals surface area contributed by atoms with E-state index in [-0.39, 0.29) is 11.7 Å². The Morgan fingerprint density at radius 2 is 1.80 bits per heavy atom. The number of nitrogens with one attached hydrogen (secondary N) is 1. The molecule has 0 aromatic rings. The maximum atomic E-state index is 11.6. The second-order valence-corrected chi connectivity index (χ2v) is 6.23. The number of halogens is 1. The lowest BCUT2D eigenvalue weighted by Crippen LogP contribution is -2.33. The van der Waals surface area contributed by atoms with Gasteiger partial charge in [-0.25, -0.2) is 13.1 Å². The third-order valence-corrected chi connectivity index (χ3v) is 4.66. The van der Waals surface area contributed by atoms with E-state index in [0.29, 0.717) is 18.3 Å². The molecule has 0 aromatic carbocycles. The summed E-state index contributed by atoms with van der Waals surface area (Å²) in [6.07, 6.45) is 2.01. The fraction of sp³-hybridized carbons (Fsp3) is 1.00. The van der Waals surface area contributed by atoms with E-state index in [1.807, 2.05) is 6.92 Å². The molecule has 1 N–H and O–H groups in total. The van der Waals surface area contributed by atoms with Crippen molar-refractivity contribution in [3.63, 3.8) is 0 Å². The van der Waals surface area contributed by atoms with Crippen LogP contribution < -0.4 is 4.72 Å². The first kappa shape index (κ1) is 15.2. The highest BCUT2D eigenvalue weighted by molar-refractivity contribution is 7.89. The fourth-order valence-corrected chi connectivity index (χ4v) is 3.01. The molecule has 0 aliphatic heterocycles. The molecule has 92 valence electrons. The summed E-state index contributed by atoms with van der Waals surface area (Å²) in [6.45, 7) is 6.53. The minimum Gasteiger partial charge on any atom is -0.215 e. The molecular formula is C10H22ClNO2S. The number of sulfonamides is 1. The summed E-state index contributed by atoms with van der Waals surface area (Å²) in [5.41, 5.74) is 0. The van der Waals surface area contributed by atoms with Crippen LogP contribution in [0, 0.1) is 11.8 Å². The second-order valence-electron chi connectivity index (χ2n) is 4.07. The van der Waals surface area contributed by atoms with E-state index in [1.165, 1.54) is 0 Å². The van der Waals surface area contributed by atoms with Gasteiger partial charge < -0.3 is 0 Å². The summed E-state index contributed by atoms with van der Waals surface area (Å²) >= 11 is 5.58. The third-order valence-electron chi connectivity index (χ3n) is 2.51. The van der Waals surface area contributed by atoms with E-state index in [9.17, 15) is 8.42 Å². The molecule has 1 unspecified atom stereocenters. The maximum Gasteiger partial charge on any atom is 0.211 e. The van der Waals surface area contributed by atoms with Gasteiger partial charge in [0.15, 0.2) is 0 Å². The molecule has 0 saturated carbocycles. The Morgan fingerprint density at radius 3 is 2.20 bits per heavy atom. The van der Waals surface area contributed by atoms with Crippen LogP contribution in [-0.4, -0.2) is 26.6 Å². The normalized spacial score (nSPS) is 14.5. The van der Waals surface area contributed by atoms with E-state index < -0.39 is 10.0 Å². The average molecular weight is 256 g/mol. The van der Waals surface area contributed by atoms with Crippen molar-refractivity contribution >= 4 is 21.6 Å². The molecule has 0 fully saturated rings. The van der Waals surface area contributed by atoms with Crippen molar-refractivity contribution in [2.75, 3.05) is 18.2 Å². The predicted molar refractivity (Wildman–Crippen MR) is 65.7 cm³/mol. The van der Waals surface area contributed by atoms with Crippen molar-refractivity contribution in [3.05, 3.63) is 0 Å². The van der Waals surface area contributed by atoms with Crippen LogP contribution in [0.3, 0.4) is 0 Å². The Bertz CT molecular complexity index is 250. The van der Waals surface area contributed by atoms with Crippen molar-refractivity contribution in [1.29, 1.82) is 0 Å². The van der Waals surface area contributed by atoms with Crippen molar-refractivity contribution in [2.24, 2.45) is 11.8 Å². The summed E-state index contributed by atoms with van der Waals surface area (Å²) in [6, 6.07) is 0. The lowest BCUT2D eigenvalue weighted by atomic mass is 10.0. The molecule has 0 spiro atoms. The molecule has 0 aromatic heterocycles. The van der Waals surface area contributed by atoms with Gasteiger partial charge in [-0.2, -0.15) is 0 Å². The summed E-state index contributed by atoms with van der Waals surface area (Å²) in [7, 11) is -3.14. The van der Waals surface area contributed by atoms with Crippen molar-refractivity contribution in [3.8, 4) is 0 Å². The highest BCUT2D eigenvalue weighted by Crippen LogP contribution is 2.07. The molecule has 0 amide bonds. The molecule has 3 nitrogen and oxygen atoms in total. The Kier molecular flexibility index (Phi) is 7.57. The van der Waals surface area contributed by atoms with E-state index >= 15 is 0 Å². The van der Waals surface area contributed by atoms with Crippen LogP contribution in [0.25, 0.3) is 0 Å². The first-order chi connectivity index (χ1) is 6.95. The largest absolute Gasteiger partial charge is 0.215 e. The van der Waals surface area contributed by atoms with E-state index in [1.54, 1.807) is 0 Å². The smallest absolute Gasteiger partial charge is 0.211 e. The van der Waals surface area contributed by atoms with Gasteiger partial charge in [-0.05, 0) is 11.8 Å². The zero-order valence-electron chi connectivity index (χ0n) is 9.79. The van der Waals surface area contributed by atoms with Crippen LogP contribution in [0.5, 0.6) is 0 Å². The van der Waals surface area contributed by atoms with Crippen molar-refractivity contribution < 1.29 is 8.42 Å². The number of hydrogen-bond acceptors (Lipinski definition) is 2. The summed E-state index contributed by atoms with van der Waals surface area (Å²) in [4.78, 5) is 0. The van der Waals surface area contributed by atoms with Gasteiger partial charge in [0.25, 0.3) is 0 Å². The molecule has 0 heterocycles. The van der Waals surface area contributed by atoms with Crippen LogP contribution in [0.4, 0.5) is 0 Å². The molecule has 5 heteroatoms. The Morgan fingerprint density at radius 1 is 1.27 bits per heavy atom. The summed E-state index contributed by atoms with van der Waals surface area (Å²) in [5, 5.41) is 0. The minimum atomic E-state index is -3.14. The zero-order valence-corrected chi connectivity index (χ0v) is 11.4. The maximum absolute atomic E-state index is 11.6. The third kappa shape index (κ3) is 7.14. The molecule has 15 heavy (non-hydrogen) atoms. The first-order valence-electron chi connectivity index (χ1n) is 5.48. The molecule has 0 rings (SSSR count). The number of hydrogen-bond donors (Lipinski definition) is 1. The van der Waals surface area contributed by atoms with Crippen LogP contribution in [0.2, 0.25) is 0 Å². The summed E-state index contributed by atoms with van der Waals surface area (Å²) in [5.74, 6) is 0.944. The predicted octanol–water partition coefficient (Wildman–Crippen LogP) is 2.22. The summed E-state index contributed by atoms with van der Waals surface area (Å²) < 4.78 is 25.8. The molecular weight excluding hydrogens is 234 g/mol. The topological polar surface area (TPSA) is 46.2 Å². The van der Waals surface area contributed by atoms with Crippen molar-refractivity contribution in [2.45, 2.75) is 33.6 Å². The fourth-order valence-electron chi connectivity index (χ4n) is 1.30. The second kappa shape index (κ2) is 7.47. The van der Waals surface area contributed by atoms with Gasteiger partial charge in [0, 0.05) is 12.4 Å². The van der Waals surface area contributed by atoms with Crippen LogP contribution in [0.1, 0.15) is 33.6 Å². The van der Waals surface area contributed by atoms with E-state index in [0.717, 1.165) is 12.8 Å². The molecule has 0 aliphatic rings. The minimum absolute atomic E-state index is 0.00543. The Hall–Kier alpha value is 0.200. The Balaban J connectivity index is 4.04. The van der Waals surface area contributed by atoms with Gasteiger partial charge in [-0.15, -0.1) is 11.6 Å². The lowest BCUT2D eigenvalue weighted by Gasteiger charge is -2.14. The monoisotopic (exact) mass is 255 g/mol. The zero-order chi connectivity index (χ0) is 11.9. The van der Waals surface area contributed by atoms with Crippen LogP contribution in [0.15, 0.2) is 0 Å². The van der Waals surface area contributed by atoms with Gasteiger partial charge in [-0.3, -0.25) is 0 Å². The molecule has 0 saturated heterocycles. The number of rotatable bonds is 8. The average Bonchev–Trinajstić information content (AvgIpc) is 2.18. The Labute approximate surface area is 98.6 Å². The van der Waals surface area contributed by atoms with Gasteiger partial charge in [0.1, 0.15) is 0 Å². The van der Waals surface area contributed by atoms with E-state index in [4.69, 9.17) is 11.6 Å².